The minimum absolute atomic E-state index is 0.121. The number of hydrogen-bond donors (Lipinski definition) is 2. The Morgan fingerprint density at radius 2 is 2.05 bits per heavy atom. The molecular formula is C14H21ClN2O2S. The van der Waals surface area contributed by atoms with Gasteiger partial charge in [-0.1, -0.05) is 31.5 Å². The van der Waals surface area contributed by atoms with Crippen molar-refractivity contribution in [3.05, 3.63) is 28.8 Å². The molecule has 0 saturated heterocycles. The molecule has 0 spiro atoms. The van der Waals surface area contributed by atoms with Gasteiger partial charge in [-0.2, -0.15) is 0 Å². The summed E-state index contributed by atoms with van der Waals surface area (Å²) in [5.74, 6) is 0.472. The van der Waals surface area contributed by atoms with Crippen molar-refractivity contribution in [1.82, 2.24) is 4.72 Å². The summed E-state index contributed by atoms with van der Waals surface area (Å²) in [5, 5.41) is 0.217. The molecule has 20 heavy (non-hydrogen) atoms. The minimum Gasteiger partial charge on any atom is -0.326 e. The molecule has 6 heteroatoms. The van der Waals surface area contributed by atoms with Crippen LogP contribution in [0.25, 0.3) is 0 Å². The summed E-state index contributed by atoms with van der Waals surface area (Å²) in [6.45, 7) is 5.07. The van der Waals surface area contributed by atoms with Gasteiger partial charge in [0.25, 0.3) is 0 Å². The van der Waals surface area contributed by atoms with Crippen molar-refractivity contribution >= 4 is 21.6 Å². The van der Waals surface area contributed by atoms with Gasteiger partial charge in [0.1, 0.15) is 4.90 Å². The van der Waals surface area contributed by atoms with Gasteiger partial charge in [0.2, 0.25) is 10.0 Å². The van der Waals surface area contributed by atoms with Crippen LogP contribution in [0.5, 0.6) is 0 Å². The third kappa shape index (κ3) is 3.17. The summed E-state index contributed by atoms with van der Waals surface area (Å²) in [6, 6.07) is 4.81. The van der Waals surface area contributed by atoms with E-state index in [1.807, 2.05) is 0 Å². The average molecular weight is 317 g/mol. The summed E-state index contributed by atoms with van der Waals surface area (Å²) in [7, 11) is -3.57. The second-order valence-corrected chi connectivity index (χ2v) is 7.95. The van der Waals surface area contributed by atoms with Crippen LogP contribution in [0, 0.1) is 11.3 Å². The molecular weight excluding hydrogens is 296 g/mol. The maximum absolute atomic E-state index is 12.3. The highest BCUT2D eigenvalue weighted by Crippen LogP contribution is 2.51. The Bertz CT molecular complexity index is 595. The second-order valence-electron chi connectivity index (χ2n) is 5.81. The van der Waals surface area contributed by atoms with E-state index in [2.05, 4.69) is 18.6 Å². The van der Waals surface area contributed by atoms with Crippen molar-refractivity contribution in [3.8, 4) is 0 Å². The molecule has 4 nitrogen and oxygen atoms in total. The van der Waals surface area contributed by atoms with E-state index in [4.69, 9.17) is 17.3 Å². The Kier molecular flexibility index (Phi) is 4.44. The molecule has 0 bridgehead atoms. The zero-order valence-corrected chi connectivity index (χ0v) is 13.4. The maximum Gasteiger partial charge on any atom is 0.242 e. The van der Waals surface area contributed by atoms with Crippen LogP contribution in [0.3, 0.4) is 0 Å². The molecule has 3 N–H and O–H groups in total. The fraction of sp³-hybridized carbons (Fsp3) is 0.571. The molecule has 1 fully saturated rings. The smallest absolute Gasteiger partial charge is 0.242 e. The first-order chi connectivity index (χ1) is 9.31. The van der Waals surface area contributed by atoms with E-state index in [1.54, 1.807) is 12.1 Å². The van der Waals surface area contributed by atoms with Crippen molar-refractivity contribution in [2.75, 3.05) is 6.54 Å². The van der Waals surface area contributed by atoms with Gasteiger partial charge in [0.15, 0.2) is 0 Å². The van der Waals surface area contributed by atoms with Gasteiger partial charge in [0.05, 0.1) is 5.02 Å². The lowest BCUT2D eigenvalue weighted by atomic mass is 9.93. The van der Waals surface area contributed by atoms with Gasteiger partial charge < -0.3 is 5.73 Å². The van der Waals surface area contributed by atoms with Gasteiger partial charge in [0, 0.05) is 13.1 Å². The van der Waals surface area contributed by atoms with E-state index in [-0.39, 0.29) is 15.3 Å². The second kappa shape index (κ2) is 5.64. The molecule has 1 aliphatic carbocycles. The number of rotatable bonds is 6. The van der Waals surface area contributed by atoms with Crippen LogP contribution in [0.1, 0.15) is 32.3 Å². The van der Waals surface area contributed by atoms with E-state index >= 15 is 0 Å². The Hall–Kier alpha value is -0.620. The Labute approximate surface area is 125 Å². The van der Waals surface area contributed by atoms with E-state index in [0.717, 1.165) is 18.4 Å². The van der Waals surface area contributed by atoms with E-state index in [9.17, 15) is 8.42 Å². The van der Waals surface area contributed by atoms with Crippen LogP contribution < -0.4 is 10.5 Å². The monoisotopic (exact) mass is 316 g/mol. The first-order valence-electron chi connectivity index (χ1n) is 6.79. The number of nitrogens with two attached hydrogens (primary N) is 1. The van der Waals surface area contributed by atoms with Crippen LogP contribution in [0.2, 0.25) is 5.02 Å². The highest BCUT2D eigenvalue weighted by molar-refractivity contribution is 7.89. The lowest BCUT2D eigenvalue weighted by Crippen LogP contribution is -2.32. The summed E-state index contributed by atoms with van der Waals surface area (Å²) in [4.78, 5) is 0.121. The van der Waals surface area contributed by atoms with Crippen LogP contribution in [0.15, 0.2) is 23.1 Å². The van der Waals surface area contributed by atoms with E-state index in [0.29, 0.717) is 19.0 Å². The van der Waals surface area contributed by atoms with Crippen LogP contribution in [0.4, 0.5) is 0 Å². The SMILES string of the molecule is CC(C)C1(CNS(=O)(=O)c2ccc(CN)cc2Cl)CC1. The quantitative estimate of drug-likeness (QED) is 0.847. The third-order valence-electron chi connectivity index (χ3n) is 4.25. The van der Waals surface area contributed by atoms with Crippen LogP contribution in [-0.4, -0.2) is 15.0 Å². The summed E-state index contributed by atoms with van der Waals surface area (Å²) < 4.78 is 27.3. The summed E-state index contributed by atoms with van der Waals surface area (Å²) in [6.07, 6.45) is 2.15. The average Bonchev–Trinajstić information content (AvgIpc) is 3.17. The lowest BCUT2D eigenvalue weighted by Gasteiger charge is -2.20. The lowest BCUT2D eigenvalue weighted by molar-refractivity contribution is 0.357. The Morgan fingerprint density at radius 1 is 1.40 bits per heavy atom. The Morgan fingerprint density at radius 3 is 2.50 bits per heavy atom. The van der Waals surface area contributed by atoms with Gasteiger partial charge in [-0.25, -0.2) is 13.1 Å². The topological polar surface area (TPSA) is 72.2 Å². The molecule has 0 heterocycles. The maximum atomic E-state index is 12.3. The fourth-order valence-corrected chi connectivity index (χ4v) is 4.03. The van der Waals surface area contributed by atoms with Crippen molar-refractivity contribution in [3.63, 3.8) is 0 Å². The largest absolute Gasteiger partial charge is 0.326 e. The van der Waals surface area contributed by atoms with Gasteiger partial charge in [-0.05, 0) is 41.9 Å². The minimum atomic E-state index is -3.57. The number of nitrogens with one attached hydrogen (secondary N) is 1. The first kappa shape index (κ1) is 15.8. The number of halogens is 1. The van der Waals surface area contributed by atoms with Gasteiger partial charge in [-0.15, -0.1) is 0 Å². The van der Waals surface area contributed by atoms with Crippen LogP contribution in [-0.2, 0) is 16.6 Å². The van der Waals surface area contributed by atoms with Crippen molar-refractivity contribution in [2.45, 2.75) is 38.1 Å². The number of benzene rings is 1. The van der Waals surface area contributed by atoms with Gasteiger partial charge in [-0.3, -0.25) is 0 Å². The van der Waals surface area contributed by atoms with E-state index in [1.165, 1.54) is 6.07 Å². The van der Waals surface area contributed by atoms with Crippen molar-refractivity contribution in [2.24, 2.45) is 17.1 Å². The summed E-state index contributed by atoms with van der Waals surface area (Å²) in [5.41, 5.74) is 6.45. The molecule has 0 amide bonds. The normalized spacial score (nSPS) is 17.4. The first-order valence-corrected chi connectivity index (χ1v) is 8.65. The molecule has 1 aromatic carbocycles. The molecule has 0 aliphatic heterocycles. The molecule has 2 rings (SSSR count). The standard InChI is InChI=1S/C14H21ClN2O2S/c1-10(2)14(5-6-14)9-17-20(18,19)13-4-3-11(8-16)7-12(13)15/h3-4,7,10,17H,5-6,8-9,16H2,1-2H3. The third-order valence-corrected chi connectivity index (χ3v) is 6.14. The zero-order valence-electron chi connectivity index (χ0n) is 11.8. The van der Waals surface area contributed by atoms with E-state index < -0.39 is 10.0 Å². The van der Waals surface area contributed by atoms with Crippen molar-refractivity contribution in [1.29, 1.82) is 0 Å². The summed E-state index contributed by atoms with van der Waals surface area (Å²) >= 11 is 6.05. The molecule has 1 saturated carbocycles. The molecule has 1 aliphatic rings. The molecule has 112 valence electrons. The molecule has 0 radical (unpaired) electrons. The van der Waals surface area contributed by atoms with Crippen molar-refractivity contribution < 1.29 is 8.42 Å². The molecule has 0 unspecified atom stereocenters. The zero-order chi connectivity index (χ0) is 15.0. The number of hydrogen-bond acceptors (Lipinski definition) is 3. The highest BCUT2D eigenvalue weighted by Gasteiger charge is 2.45. The highest BCUT2D eigenvalue weighted by atomic mass is 35.5. The molecule has 0 aromatic heterocycles. The molecule has 0 atom stereocenters. The predicted molar refractivity (Wildman–Crippen MR) is 81.0 cm³/mol. The van der Waals surface area contributed by atoms with Crippen LogP contribution >= 0.6 is 11.6 Å². The predicted octanol–water partition coefficient (Wildman–Crippen LogP) is 2.51. The van der Waals surface area contributed by atoms with Gasteiger partial charge >= 0.3 is 0 Å². The Balaban J connectivity index is 2.15. The fourth-order valence-electron chi connectivity index (χ4n) is 2.32. The molecule has 1 aromatic rings. The number of sulfonamides is 1.